The minimum Gasteiger partial charge on any atom is -0.311 e. The number of aryl methyl sites for hydroxylation is 1. The van der Waals surface area contributed by atoms with Crippen LogP contribution in [0.3, 0.4) is 0 Å². The zero-order chi connectivity index (χ0) is 14.0. The van der Waals surface area contributed by atoms with Crippen LogP contribution in [0.15, 0.2) is 24.3 Å². The molecule has 1 nitrogen and oxygen atoms in total. The Balaban J connectivity index is 1.77. The number of halogens is 3. The SMILES string of the molecule is Cc1cccc(C2CC(NC(C)CC(F)(F)F)C2)c1. The highest BCUT2D eigenvalue weighted by Gasteiger charge is 2.34. The second kappa shape index (κ2) is 5.53. The van der Waals surface area contributed by atoms with Crippen LogP contribution >= 0.6 is 0 Å². The molecule has 1 aromatic rings. The lowest BCUT2D eigenvalue weighted by molar-refractivity contribution is -0.139. The predicted octanol–water partition coefficient (Wildman–Crippen LogP) is 4.17. The monoisotopic (exact) mass is 271 g/mol. The van der Waals surface area contributed by atoms with Crippen molar-refractivity contribution in [1.29, 1.82) is 0 Å². The van der Waals surface area contributed by atoms with Gasteiger partial charge in [0.05, 0.1) is 6.42 Å². The molecule has 1 atom stereocenters. The van der Waals surface area contributed by atoms with Gasteiger partial charge in [0, 0.05) is 12.1 Å². The highest BCUT2D eigenvalue weighted by molar-refractivity contribution is 5.27. The molecule has 1 aliphatic carbocycles. The van der Waals surface area contributed by atoms with Gasteiger partial charge in [0.2, 0.25) is 0 Å². The Kier molecular flexibility index (Phi) is 4.19. The minimum absolute atomic E-state index is 0.225. The summed E-state index contributed by atoms with van der Waals surface area (Å²) in [5, 5.41) is 3.07. The number of nitrogens with one attached hydrogen (secondary N) is 1. The number of hydrogen-bond acceptors (Lipinski definition) is 1. The Morgan fingerprint density at radius 3 is 2.58 bits per heavy atom. The van der Waals surface area contributed by atoms with E-state index in [2.05, 4.69) is 30.4 Å². The van der Waals surface area contributed by atoms with Gasteiger partial charge in [0.1, 0.15) is 0 Å². The summed E-state index contributed by atoms with van der Waals surface area (Å²) in [6.07, 6.45) is -2.96. The van der Waals surface area contributed by atoms with E-state index in [1.165, 1.54) is 11.1 Å². The van der Waals surface area contributed by atoms with Gasteiger partial charge >= 0.3 is 6.18 Å². The summed E-state index contributed by atoms with van der Waals surface area (Å²) in [7, 11) is 0. The van der Waals surface area contributed by atoms with Crippen LogP contribution in [0.5, 0.6) is 0 Å². The van der Waals surface area contributed by atoms with Crippen LogP contribution in [0.4, 0.5) is 13.2 Å². The van der Waals surface area contributed by atoms with Crippen LogP contribution in [-0.4, -0.2) is 18.3 Å². The fourth-order valence-electron chi connectivity index (χ4n) is 2.76. The van der Waals surface area contributed by atoms with Crippen molar-refractivity contribution in [3.05, 3.63) is 35.4 Å². The van der Waals surface area contributed by atoms with Crippen molar-refractivity contribution in [2.75, 3.05) is 0 Å². The first kappa shape index (κ1) is 14.4. The lowest BCUT2D eigenvalue weighted by atomic mass is 9.75. The molecular formula is C15H20F3N. The number of benzene rings is 1. The van der Waals surface area contributed by atoms with Crippen molar-refractivity contribution < 1.29 is 13.2 Å². The molecule has 0 radical (unpaired) electrons. The molecule has 1 aromatic carbocycles. The van der Waals surface area contributed by atoms with E-state index in [1.54, 1.807) is 6.92 Å². The average molecular weight is 271 g/mol. The van der Waals surface area contributed by atoms with Gasteiger partial charge < -0.3 is 5.32 Å². The normalized spacial score (nSPS) is 24.9. The number of alkyl halides is 3. The van der Waals surface area contributed by atoms with Crippen molar-refractivity contribution in [3.63, 3.8) is 0 Å². The van der Waals surface area contributed by atoms with Gasteiger partial charge in [0.25, 0.3) is 0 Å². The molecule has 0 spiro atoms. The van der Waals surface area contributed by atoms with Crippen LogP contribution in [0.1, 0.15) is 43.2 Å². The molecule has 0 bridgehead atoms. The van der Waals surface area contributed by atoms with E-state index in [-0.39, 0.29) is 6.04 Å². The summed E-state index contributed by atoms with van der Waals surface area (Å²) in [6, 6.07) is 8.10. The molecule has 1 unspecified atom stereocenters. The molecular weight excluding hydrogens is 251 g/mol. The third kappa shape index (κ3) is 4.23. The van der Waals surface area contributed by atoms with Gasteiger partial charge in [-0.3, -0.25) is 0 Å². The highest BCUT2D eigenvalue weighted by atomic mass is 19.4. The third-order valence-electron chi connectivity index (χ3n) is 3.71. The second-order valence-corrected chi connectivity index (χ2v) is 5.67. The van der Waals surface area contributed by atoms with Crippen LogP contribution < -0.4 is 5.32 Å². The third-order valence-corrected chi connectivity index (χ3v) is 3.71. The first-order valence-corrected chi connectivity index (χ1v) is 6.73. The van der Waals surface area contributed by atoms with Crippen molar-refractivity contribution in [2.45, 2.75) is 57.3 Å². The molecule has 1 fully saturated rings. The van der Waals surface area contributed by atoms with Crippen LogP contribution in [0.2, 0.25) is 0 Å². The van der Waals surface area contributed by atoms with E-state index in [4.69, 9.17) is 0 Å². The Hall–Kier alpha value is -1.03. The zero-order valence-corrected chi connectivity index (χ0v) is 11.3. The molecule has 0 aromatic heterocycles. The molecule has 1 aliphatic rings. The lowest BCUT2D eigenvalue weighted by Gasteiger charge is -2.38. The molecule has 1 N–H and O–H groups in total. The fraction of sp³-hybridized carbons (Fsp3) is 0.600. The fourth-order valence-corrected chi connectivity index (χ4v) is 2.76. The van der Waals surface area contributed by atoms with Gasteiger partial charge in [0.15, 0.2) is 0 Å². The quantitative estimate of drug-likeness (QED) is 0.866. The second-order valence-electron chi connectivity index (χ2n) is 5.67. The molecule has 0 saturated heterocycles. The molecule has 0 aliphatic heterocycles. The van der Waals surface area contributed by atoms with Gasteiger partial charge in [-0.2, -0.15) is 13.2 Å². The molecule has 0 heterocycles. The Morgan fingerprint density at radius 2 is 2.00 bits per heavy atom. The Morgan fingerprint density at radius 1 is 1.32 bits per heavy atom. The van der Waals surface area contributed by atoms with Crippen molar-refractivity contribution in [1.82, 2.24) is 5.32 Å². The standard InChI is InChI=1S/C15H20F3N/c1-10-4-3-5-12(6-10)13-7-14(8-13)19-11(2)9-15(16,17)18/h3-6,11,13-14,19H,7-9H2,1-2H3. The number of rotatable bonds is 4. The summed E-state index contributed by atoms with van der Waals surface area (Å²) >= 11 is 0. The summed E-state index contributed by atoms with van der Waals surface area (Å²) in [5.74, 6) is 0.496. The summed E-state index contributed by atoms with van der Waals surface area (Å²) in [4.78, 5) is 0. The highest BCUT2D eigenvalue weighted by Crippen LogP contribution is 2.37. The maximum absolute atomic E-state index is 12.2. The summed E-state index contributed by atoms with van der Waals surface area (Å²) < 4.78 is 36.7. The summed E-state index contributed by atoms with van der Waals surface area (Å²) in [6.45, 7) is 3.66. The van der Waals surface area contributed by atoms with Crippen LogP contribution in [-0.2, 0) is 0 Å². The Bertz CT molecular complexity index is 422. The van der Waals surface area contributed by atoms with E-state index in [0.29, 0.717) is 5.92 Å². The van der Waals surface area contributed by atoms with Crippen LogP contribution in [0.25, 0.3) is 0 Å². The van der Waals surface area contributed by atoms with Gasteiger partial charge in [-0.15, -0.1) is 0 Å². The molecule has 106 valence electrons. The molecule has 1 saturated carbocycles. The molecule has 4 heteroatoms. The predicted molar refractivity (Wildman–Crippen MR) is 70.2 cm³/mol. The smallest absolute Gasteiger partial charge is 0.311 e. The minimum atomic E-state index is -4.08. The first-order chi connectivity index (χ1) is 8.83. The van der Waals surface area contributed by atoms with E-state index >= 15 is 0 Å². The first-order valence-electron chi connectivity index (χ1n) is 6.73. The van der Waals surface area contributed by atoms with Crippen molar-refractivity contribution >= 4 is 0 Å². The molecule has 2 rings (SSSR count). The lowest BCUT2D eigenvalue weighted by Crippen LogP contribution is -2.45. The van der Waals surface area contributed by atoms with Crippen molar-refractivity contribution in [3.8, 4) is 0 Å². The van der Waals surface area contributed by atoms with Gasteiger partial charge in [-0.05, 0) is 38.2 Å². The maximum atomic E-state index is 12.2. The van der Waals surface area contributed by atoms with E-state index in [0.717, 1.165) is 12.8 Å². The van der Waals surface area contributed by atoms with Crippen molar-refractivity contribution in [2.24, 2.45) is 0 Å². The topological polar surface area (TPSA) is 12.0 Å². The van der Waals surface area contributed by atoms with E-state index in [9.17, 15) is 13.2 Å². The summed E-state index contributed by atoms with van der Waals surface area (Å²) in [5.41, 5.74) is 2.54. The number of hydrogen-bond donors (Lipinski definition) is 1. The van der Waals surface area contributed by atoms with E-state index < -0.39 is 18.6 Å². The van der Waals surface area contributed by atoms with E-state index in [1.807, 2.05) is 6.07 Å². The van der Waals surface area contributed by atoms with Crippen LogP contribution in [0, 0.1) is 6.92 Å². The maximum Gasteiger partial charge on any atom is 0.390 e. The molecule has 0 amide bonds. The largest absolute Gasteiger partial charge is 0.390 e. The average Bonchev–Trinajstić information content (AvgIpc) is 2.20. The zero-order valence-electron chi connectivity index (χ0n) is 11.3. The van der Waals surface area contributed by atoms with Gasteiger partial charge in [-0.1, -0.05) is 29.8 Å². The molecule has 19 heavy (non-hydrogen) atoms. The van der Waals surface area contributed by atoms with Gasteiger partial charge in [-0.25, -0.2) is 0 Å². The Labute approximate surface area is 112 Å².